The average Bonchev–Trinajstić information content (AvgIpc) is 2.88. The molecule has 0 amide bonds. The third-order valence-electron chi connectivity index (χ3n) is 4.59. The van der Waals surface area contributed by atoms with E-state index in [0.29, 0.717) is 12.0 Å². The number of nitro benzene ring substituents is 1. The SMILES string of the molecule is O=[N+]([O-])c1cccc(C2CC(c3ccccc3O)=Nc3ccccc3N2)c1. The van der Waals surface area contributed by atoms with Gasteiger partial charge in [0.2, 0.25) is 0 Å². The number of aliphatic imine (C=N–C) groups is 1. The van der Waals surface area contributed by atoms with Gasteiger partial charge in [0.15, 0.2) is 0 Å². The van der Waals surface area contributed by atoms with Crippen molar-refractivity contribution < 1.29 is 10.0 Å². The lowest BCUT2D eigenvalue weighted by Crippen LogP contribution is -2.14. The van der Waals surface area contributed by atoms with Gasteiger partial charge in [-0.15, -0.1) is 0 Å². The Bertz CT molecular complexity index is 1050. The predicted octanol–water partition coefficient (Wildman–Crippen LogP) is 4.98. The summed E-state index contributed by atoms with van der Waals surface area (Å²) in [6.45, 7) is 0. The Labute approximate surface area is 156 Å². The van der Waals surface area contributed by atoms with E-state index < -0.39 is 4.92 Å². The maximum Gasteiger partial charge on any atom is 0.269 e. The standard InChI is InChI=1S/C21H17N3O3/c25-21-11-4-1-8-16(21)20-13-19(14-6-5-7-15(12-14)24(26)27)22-17-9-2-3-10-18(17)23-20/h1-12,19,22,25H,13H2. The fourth-order valence-electron chi connectivity index (χ4n) is 3.26. The molecule has 1 atom stereocenters. The number of nitrogens with zero attached hydrogens (tertiary/aromatic N) is 2. The van der Waals surface area contributed by atoms with Crippen molar-refractivity contribution in [1.82, 2.24) is 0 Å². The fourth-order valence-corrected chi connectivity index (χ4v) is 3.26. The molecule has 0 aromatic heterocycles. The molecule has 0 radical (unpaired) electrons. The molecule has 0 fully saturated rings. The highest BCUT2D eigenvalue weighted by Gasteiger charge is 2.23. The predicted molar refractivity (Wildman–Crippen MR) is 105 cm³/mol. The van der Waals surface area contributed by atoms with Crippen LogP contribution in [-0.2, 0) is 0 Å². The van der Waals surface area contributed by atoms with Gasteiger partial charge in [0.25, 0.3) is 5.69 Å². The van der Waals surface area contributed by atoms with Gasteiger partial charge < -0.3 is 10.4 Å². The number of rotatable bonds is 3. The molecular formula is C21H17N3O3. The fraction of sp³-hybridized carbons (Fsp3) is 0.0952. The smallest absolute Gasteiger partial charge is 0.269 e. The van der Waals surface area contributed by atoms with Crippen LogP contribution in [0.4, 0.5) is 17.1 Å². The van der Waals surface area contributed by atoms with Crippen LogP contribution < -0.4 is 5.32 Å². The first-order valence-corrected chi connectivity index (χ1v) is 8.57. The van der Waals surface area contributed by atoms with Crippen LogP contribution in [0.5, 0.6) is 5.75 Å². The first kappa shape index (κ1) is 16.8. The van der Waals surface area contributed by atoms with E-state index in [2.05, 4.69) is 5.32 Å². The molecule has 27 heavy (non-hydrogen) atoms. The monoisotopic (exact) mass is 359 g/mol. The average molecular weight is 359 g/mol. The number of nitrogens with one attached hydrogen (secondary N) is 1. The van der Waals surface area contributed by atoms with Gasteiger partial charge in [-0.1, -0.05) is 36.4 Å². The summed E-state index contributed by atoms with van der Waals surface area (Å²) in [5, 5.41) is 24.9. The molecule has 1 aliphatic heterocycles. The number of hydrogen-bond donors (Lipinski definition) is 2. The molecule has 6 nitrogen and oxygen atoms in total. The van der Waals surface area contributed by atoms with Gasteiger partial charge in [0, 0.05) is 24.1 Å². The molecule has 1 aliphatic rings. The largest absolute Gasteiger partial charge is 0.507 e. The highest BCUT2D eigenvalue weighted by molar-refractivity contribution is 6.06. The Morgan fingerprint density at radius 3 is 2.63 bits per heavy atom. The Kier molecular flexibility index (Phi) is 4.30. The maximum absolute atomic E-state index is 11.2. The number of anilines is 1. The zero-order valence-electron chi connectivity index (χ0n) is 14.4. The lowest BCUT2D eigenvalue weighted by Gasteiger charge is -2.19. The van der Waals surface area contributed by atoms with Crippen molar-refractivity contribution in [3.8, 4) is 5.75 Å². The van der Waals surface area contributed by atoms with Crippen molar-refractivity contribution in [2.45, 2.75) is 12.5 Å². The van der Waals surface area contributed by atoms with Crippen LogP contribution >= 0.6 is 0 Å². The Hall–Kier alpha value is -3.67. The maximum atomic E-state index is 11.2. The number of para-hydroxylation sites is 3. The second-order valence-corrected chi connectivity index (χ2v) is 6.35. The summed E-state index contributed by atoms with van der Waals surface area (Å²) in [6.07, 6.45) is 0.480. The highest BCUT2D eigenvalue weighted by atomic mass is 16.6. The quantitative estimate of drug-likeness (QED) is 0.510. The van der Waals surface area contributed by atoms with Crippen LogP contribution in [0.2, 0.25) is 0 Å². The van der Waals surface area contributed by atoms with Crippen molar-refractivity contribution in [2.24, 2.45) is 4.99 Å². The third-order valence-corrected chi connectivity index (χ3v) is 4.59. The number of phenolic OH excluding ortho intramolecular Hbond substituents is 1. The summed E-state index contributed by atoms with van der Waals surface area (Å²) in [6, 6.07) is 21.1. The van der Waals surface area contributed by atoms with Crippen LogP contribution in [-0.4, -0.2) is 15.7 Å². The number of benzene rings is 3. The third kappa shape index (κ3) is 3.37. The number of fused-ring (bicyclic) bond motifs is 1. The van der Waals surface area contributed by atoms with Crippen LogP contribution in [0, 0.1) is 10.1 Å². The molecule has 0 bridgehead atoms. The molecule has 4 rings (SSSR count). The van der Waals surface area contributed by atoms with E-state index in [1.54, 1.807) is 24.3 Å². The first-order valence-electron chi connectivity index (χ1n) is 8.57. The van der Waals surface area contributed by atoms with Crippen LogP contribution in [0.15, 0.2) is 77.8 Å². The topological polar surface area (TPSA) is 87.8 Å². The summed E-state index contributed by atoms with van der Waals surface area (Å²) in [5.41, 5.74) is 3.84. The summed E-state index contributed by atoms with van der Waals surface area (Å²) >= 11 is 0. The van der Waals surface area contributed by atoms with E-state index in [1.165, 1.54) is 6.07 Å². The zero-order chi connectivity index (χ0) is 18.8. The Morgan fingerprint density at radius 1 is 1.04 bits per heavy atom. The molecule has 1 heterocycles. The Morgan fingerprint density at radius 2 is 1.81 bits per heavy atom. The van der Waals surface area contributed by atoms with Gasteiger partial charge in [-0.05, 0) is 29.8 Å². The van der Waals surface area contributed by atoms with Gasteiger partial charge >= 0.3 is 0 Å². The lowest BCUT2D eigenvalue weighted by molar-refractivity contribution is -0.384. The highest BCUT2D eigenvalue weighted by Crippen LogP contribution is 2.37. The van der Waals surface area contributed by atoms with Gasteiger partial charge in [-0.25, -0.2) is 0 Å². The van der Waals surface area contributed by atoms with Crippen molar-refractivity contribution in [2.75, 3.05) is 5.32 Å². The van der Waals surface area contributed by atoms with Crippen molar-refractivity contribution in [3.63, 3.8) is 0 Å². The van der Waals surface area contributed by atoms with Crippen molar-refractivity contribution in [3.05, 3.63) is 94.0 Å². The summed E-state index contributed by atoms with van der Waals surface area (Å²) in [4.78, 5) is 15.5. The molecule has 0 saturated heterocycles. The summed E-state index contributed by atoms with van der Waals surface area (Å²) in [7, 11) is 0. The van der Waals surface area contributed by atoms with Gasteiger partial charge in [0.1, 0.15) is 5.75 Å². The van der Waals surface area contributed by atoms with E-state index in [0.717, 1.165) is 22.6 Å². The van der Waals surface area contributed by atoms with Crippen LogP contribution in [0.25, 0.3) is 0 Å². The summed E-state index contributed by atoms with van der Waals surface area (Å²) in [5.74, 6) is 0.161. The van der Waals surface area contributed by atoms with E-state index in [-0.39, 0.29) is 17.5 Å². The van der Waals surface area contributed by atoms with E-state index >= 15 is 0 Å². The Balaban J connectivity index is 1.82. The first-order chi connectivity index (χ1) is 13.1. The molecule has 6 heteroatoms. The molecule has 0 saturated carbocycles. The number of hydrogen-bond acceptors (Lipinski definition) is 5. The van der Waals surface area contributed by atoms with Crippen LogP contribution in [0.1, 0.15) is 23.6 Å². The molecule has 3 aromatic carbocycles. The minimum Gasteiger partial charge on any atom is -0.507 e. The minimum atomic E-state index is -0.397. The number of phenols is 1. The molecule has 0 aliphatic carbocycles. The van der Waals surface area contributed by atoms with Crippen molar-refractivity contribution in [1.29, 1.82) is 0 Å². The summed E-state index contributed by atoms with van der Waals surface area (Å²) < 4.78 is 0. The lowest BCUT2D eigenvalue weighted by atomic mass is 9.96. The number of aromatic hydroxyl groups is 1. The van der Waals surface area contributed by atoms with Gasteiger partial charge in [-0.2, -0.15) is 0 Å². The number of nitro groups is 1. The van der Waals surface area contributed by atoms with E-state index in [4.69, 9.17) is 4.99 Å². The number of non-ortho nitro benzene ring substituents is 1. The minimum absolute atomic E-state index is 0.0490. The van der Waals surface area contributed by atoms with Gasteiger partial charge in [-0.3, -0.25) is 15.1 Å². The van der Waals surface area contributed by atoms with Crippen LogP contribution in [0.3, 0.4) is 0 Å². The second-order valence-electron chi connectivity index (χ2n) is 6.35. The molecule has 3 aromatic rings. The van der Waals surface area contributed by atoms with E-state index in [9.17, 15) is 15.2 Å². The molecule has 0 spiro atoms. The van der Waals surface area contributed by atoms with Gasteiger partial charge in [0.05, 0.1) is 28.1 Å². The normalized spacial score (nSPS) is 15.9. The zero-order valence-corrected chi connectivity index (χ0v) is 14.4. The molecule has 134 valence electrons. The molecular weight excluding hydrogens is 342 g/mol. The van der Waals surface area contributed by atoms with Crippen molar-refractivity contribution >= 4 is 22.8 Å². The second kappa shape index (κ2) is 6.92. The van der Waals surface area contributed by atoms with E-state index in [1.807, 2.05) is 42.5 Å². The molecule has 2 N–H and O–H groups in total. The molecule has 1 unspecified atom stereocenters.